The third kappa shape index (κ3) is 4.82. The lowest BCUT2D eigenvalue weighted by Crippen LogP contribution is -2.22. The number of hydrogen-bond donors (Lipinski definition) is 1. The number of carbonyl (C=O) groups excluding carboxylic acids is 1. The molecule has 0 aliphatic heterocycles. The first-order chi connectivity index (χ1) is 13.2. The maximum Gasteiger partial charge on any atom is 0.263 e. The summed E-state index contributed by atoms with van der Waals surface area (Å²) in [5, 5.41) is 8.29. The number of aromatic nitrogens is 3. The maximum atomic E-state index is 12.5. The summed E-state index contributed by atoms with van der Waals surface area (Å²) < 4.78 is 7.10. The highest BCUT2D eigenvalue weighted by molar-refractivity contribution is 6.34. The van der Waals surface area contributed by atoms with E-state index in [0.29, 0.717) is 27.4 Å². The lowest BCUT2D eigenvalue weighted by molar-refractivity contribution is -0.118. The topological polar surface area (TPSA) is 69.0 Å². The zero-order chi connectivity index (χ0) is 20.3. The van der Waals surface area contributed by atoms with Crippen molar-refractivity contribution in [2.24, 2.45) is 0 Å². The van der Waals surface area contributed by atoms with Crippen LogP contribution in [0.2, 0.25) is 10.0 Å². The molecule has 0 saturated carbocycles. The number of rotatable bonds is 5. The van der Waals surface area contributed by atoms with Gasteiger partial charge in [-0.25, -0.2) is 4.98 Å². The van der Waals surface area contributed by atoms with Gasteiger partial charge in [-0.3, -0.25) is 4.79 Å². The fourth-order valence-electron chi connectivity index (χ4n) is 2.40. The Kier molecular flexibility index (Phi) is 5.91. The number of nitrogens with one attached hydrogen (secondary N) is 1. The summed E-state index contributed by atoms with van der Waals surface area (Å²) in [6.45, 7) is 5.92. The second-order valence-electron chi connectivity index (χ2n) is 7.18. The number of pyridine rings is 1. The molecule has 1 amide bonds. The molecule has 0 spiro atoms. The number of benzene rings is 1. The lowest BCUT2D eigenvalue weighted by atomic mass is 9.92. The highest BCUT2D eigenvalue weighted by Gasteiger charge is 2.22. The summed E-state index contributed by atoms with van der Waals surface area (Å²) in [6.07, 6.45) is 1.67. The average Bonchev–Trinajstić information content (AvgIpc) is 3.07. The van der Waals surface area contributed by atoms with E-state index >= 15 is 0 Å². The van der Waals surface area contributed by atoms with Gasteiger partial charge < -0.3 is 10.1 Å². The quantitative estimate of drug-likeness (QED) is 0.640. The first kappa shape index (κ1) is 20.2. The second-order valence-corrected chi connectivity index (χ2v) is 8.02. The molecule has 28 heavy (non-hydrogen) atoms. The molecule has 2 heterocycles. The number of hydrogen-bond acceptors (Lipinski definition) is 4. The van der Waals surface area contributed by atoms with Crippen LogP contribution in [0.1, 0.15) is 26.5 Å². The minimum Gasteiger partial charge on any atom is -0.482 e. The van der Waals surface area contributed by atoms with Gasteiger partial charge in [0.1, 0.15) is 11.6 Å². The van der Waals surface area contributed by atoms with Gasteiger partial charge in [0.05, 0.1) is 10.7 Å². The standard InChI is InChI=1S/C20H20Cl2N4O2/c1-20(2,3)16-11-18(26(25-16)17-6-4-5-9-23-17)24-19(27)12-28-15-10-13(21)7-8-14(15)22/h4-11H,12H2,1-3H3,(H,24,27). The number of halogens is 2. The molecule has 0 unspecified atom stereocenters. The van der Waals surface area contributed by atoms with Crippen molar-refractivity contribution >= 4 is 34.9 Å². The molecule has 1 N–H and O–H groups in total. The van der Waals surface area contributed by atoms with Crippen LogP contribution in [0.4, 0.5) is 5.82 Å². The summed E-state index contributed by atoms with van der Waals surface area (Å²) >= 11 is 12.0. The van der Waals surface area contributed by atoms with E-state index in [4.69, 9.17) is 27.9 Å². The third-order valence-corrected chi connectivity index (χ3v) is 4.41. The van der Waals surface area contributed by atoms with E-state index in [1.54, 1.807) is 29.1 Å². The first-order valence-electron chi connectivity index (χ1n) is 8.64. The van der Waals surface area contributed by atoms with Crippen LogP contribution in [0.25, 0.3) is 5.82 Å². The molecule has 0 aliphatic rings. The van der Waals surface area contributed by atoms with Gasteiger partial charge >= 0.3 is 0 Å². The summed E-state index contributed by atoms with van der Waals surface area (Å²) in [6, 6.07) is 12.2. The Hall–Kier alpha value is -2.57. The Labute approximate surface area is 173 Å². The van der Waals surface area contributed by atoms with E-state index in [2.05, 4.69) is 15.4 Å². The maximum absolute atomic E-state index is 12.5. The monoisotopic (exact) mass is 418 g/mol. The van der Waals surface area contributed by atoms with Gasteiger partial charge in [0.25, 0.3) is 5.91 Å². The van der Waals surface area contributed by atoms with Crippen molar-refractivity contribution in [2.45, 2.75) is 26.2 Å². The molecular formula is C20H20Cl2N4O2. The van der Waals surface area contributed by atoms with Gasteiger partial charge in [-0.05, 0) is 24.3 Å². The number of amides is 1. The van der Waals surface area contributed by atoms with E-state index in [1.165, 1.54) is 0 Å². The Bertz CT molecular complexity index is 982. The highest BCUT2D eigenvalue weighted by Crippen LogP contribution is 2.28. The van der Waals surface area contributed by atoms with Gasteiger partial charge in [0.2, 0.25) is 0 Å². The lowest BCUT2D eigenvalue weighted by Gasteiger charge is -2.13. The summed E-state index contributed by atoms with van der Waals surface area (Å²) in [5.41, 5.74) is 0.636. The average molecular weight is 419 g/mol. The van der Waals surface area contributed by atoms with E-state index in [9.17, 15) is 4.79 Å². The molecular weight excluding hydrogens is 399 g/mol. The third-order valence-electron chi connectivity index (χ3n) is 3.86. The minimum absolute atomic E-state index is 0.190. The highest BCUT2D eigenvalue weighted by atomic mass is 35.5. The normalized spacial score (nSPS) is 11.3. The van der Waals surface area contributed by atoms with Crippen molar-refractivity contribution in [2.75, 3.05) is 11.9 Å². The van der Waals surface area contributed by atoms with Crippen LogP contribution >= 0.6 is 23.2 Å². The fraction of sp³-hybridized carbons (Fsp3) is 0.250. The van der Waals surface area contributed by atoms with Crippen LogP contribution in [0.3, 0.4) is 0 Å². The Balaban J connectivity index is 1.80. The zero-order valence-corrected chi connectivity index (χ0v) is 17.3. The van der Waals surface area contributed by atoms with Crippen molar-refractivity contribution in [3.63, 3.8) is 0 Å². The fourth-order valence-corrected chi connectivity index (χ4v) is 2.73. The van der Waals surface area contributed by atoms with Gasteiger partial charge in [0.15, 0.2) is 12.4 Å². The van der Waals surface area contributed by atoms with E-state index < -0.39 is 0 Å². The molecule has 0 atom stereocenters. The second kappa shape index (κ2) is 8.20. The number of anilines is 1. The predicted molar refractivity (Wildman–Crippen MR) is 111 cm³/mol. The molecule has 0 bridgehead atoms. The van der Waals surface area contributed by atoms with E-state index in [1.807, 2.05) is 45.0 Å². The van der Waals surface area contributed by atoms with E-state index in [0.717, 1.165) is 5.69 Å². The van der Waals surface area contributed by atoms with E-state index in [-0.39, 0.29) is 17.9 Å². The molecule has 0 saturated heterocycles. The van der Waals surface area contributed by atoms with Crippen molar-refractivity contribution in [3.05, 3.63) is 64.4 Å². The molecule has 0 radical (unpaired) electrons. The van der Waals surface area contributed by atoms with Gasteiger partial charge in [0, 0.05) is 28.8 Å². The molecule has 3 rings (SSSR count). The minimum atomic E-state index is -0.353. The van der Waals surface area contributed by atoms with Crippen LogP contribution in [0.5, 0.6) is 5.75 Å². The summed E-state index contributed by atoms with van der Waals surface area (Å²) in [7, 11) is 0. The molecule has 1 aromatic carbocycles. The van der Waals surface area contributed by atoms with Crippen LogP contribution in [-0.4, -0.2) is 27.3 Å². The number of carbonyl (C=O) groups is 1. The van der Waals surface area contributed by atoms with Gasteiger partial charge in [-0.2, -0.15) is 9.78 Å². The summed E-state index contributed by atoms with van der Waals surface area (Å²) in [5.74, 6) is 1.10. The molecule has 0 aliphatic carbocycles. The molecule has 6 nitrogen and oxygen atoms in total. The van der Waals surface area contributed by atoms with Crippen LogP contribution < -0.4 is 10.1 Å². The smallest absolute Gasteiger partial charge is 0.263 e. The number of ether oxygens (including phenoxy) is 1. The molecule has 2 aromatic heterocycles. The van der Waals surface area contributed by atoms with Crippen molar-refractivity contribution in [1.82, 2.24) is 14.8 Å². The predicted octanol–water partition coefficient (Wildman–Crippen LogP) is 4.89. The van der Waals surface area contributed by atoms with Crippen LogP contribution in [0, 0.1) is 0 Å². The largest absolute Gasteiger partial charge is 0.482 e. The van der Waals surface area contributed by atoms with Crippen LogP contribution in [-0.2, 0) is 10.2 Å². The first-order valence-corrected chi connectivity index (χ1v) is 9.39. The molecule has 0 fully saturated rings. The van der Waals surface area contributed by atoms with Gasteiger partial charge in [-0.15, -0.1) is 0 Å². The zero-order valence-electron chi connectivity index (χ0n) is 15.7. The Morgan fingerprint density at radius 1 is 1.18 bits per heavy atom. The van der Waals surface area contributed by atoms with Gasteiger partial charge in [-0.1, -0.05) is 50.0 Å². The molecule has 8 heteroatoms. The molecule has 3 aromatic rings. The Morgan fingerprint density at radius 2 is 1.96 bits per heavy atom. The van der Waals surface area contributed by atoms with Crippen molar-refractivity contribution in [1.29, 1.82) is 0 Å². The number of nitrogens with zero attached hydrogens (tertiary/aromatic N) is 3. The SMILES string of the molecule is CC(C)(C)c1cc(NC(=O)COc2cc(Cl)ccc2Cl)n(-c2ccccn2)n1. The van der Waals surface area contributed by atoms with Crippen LogP contribution in [0.15, 0.2) is 48.7 Å². The molecule has 146 valence electrons. The summed E-state index contributed by atoms with van der Waals surface area (Å²) in [4.78, 5) is 16.8. The Morgan fingerprint density at radius 3 is 2.64 bits per heavy atom. The van der Waals surface area contributed by atoms with Crippen molar-refractivity contribution < 1.29 is 9.53 Å². The van der Waals surface area contributed by atoms with Crippen molar-refractivity contribution in [3.8, 4) is 11.6 Å².